The van der Waals surface area contributed by atoms with E-state index in [-0.39, 0.29) is 0 Å². The minimum atomic E-state index is -0.750. The summed E-state index contributed by atoms with van der Waals surface area (Å²) in [5, 5.41) is 7.82. The number of nitrogens with zero attached hydrogens (tertiary/aromatic N) is 5. The summed E-state index contributed by atoms with van der Waals surface area (Å²) in [6.07, 6.45) is 5.64. The van der Waals surface area contributed by atoms with E-state index >= 15 is 0 Å². The third-order valence-corrected chi connectivity index (χ3v) is 10.1. The Hall–Kier alpha value is -5.71. The Labute approximate surface area is 261 Å². The zero-order chi connectivity index (χ0) is 30.3. The van der Waals surface area contributed by atoms with Crippen molar-refractivity contribution in [3.05, 3.63) is 172 Å². The molecule has 0 radical (unpaired) electrons. The van der Waals surface area contributed by atoms with Crippen LogP contribution < -0.4 is 0 Å². The molecule has 1 N–H and O–H groups in total. The molecule has 1 aliphatic heterocycles. The maximum atomic E-state index is 5.15. The number of benzene rings is 3. The Morgan fingerprint density at radius 1 is 0.622 bits per heavy atom. The van der Waals surface area contributed by atoms with Gasteiger partial charge in [-0.05, 0) is 46.5 Å². The average molecular weight is 583 g/mol. The first-order valence-corrected chi connectivity index (χ1v) is 15.3. The van der Waals surface area contributed by atoms with Gasteiger partial charge in [0, 0.05) is 54.7 Å². The van der Waals surface area contributed by atoms with Crippen LogP contribution in [0.5, 0.6) is 0 Å². The summed E-state index contributed by atoms with van der Waals surface area (Å²) >= 11 is 0. The highest BCUT2D eigenvalue weighted by Crippen LogP contribution is 2.57. The molecule has 3 aromatic heterocycles. The Kier molecular flexibility index (Phi) is 5.24. The Bertz CT molecular complexity index is 2210. The molecule has 2 unspecified atom stereocenters. The van der Waals surface area contributed by atoms with Crippen molar-refractivity contribution in [2.24, 2.45) is 0 Å². The molecule has 9 rings (SSSR count). The van der Waals surface area contributed by atoms with Gasteiger partial charge in [0.25, 0.3) is 16.9 Å². The molecule has 0 spiro atoms. The molecule has 2 atom stereocenters. The molecule has 214 valence electrons. The lowest BCUT2D eigenvalue weighted by Crippen LogP contribution is -2.40. The Morgan fingerprint density at radius 3 is 1.98 bits per heavy atom. The lowest BCUT2D eigenvalue weighted by atomic mass is 9.70. The van der Waals surface area contributed by atoms with Gasteiger partial charge >= 0.3 is 6.01 Å². The smallest absolute Gasteiger partial charge is 0.281 e. The molecule has 3 aliphatic rings. The summed E-state index contributed by atoms with van der Waals surface area (Å²) in [6.45, 7) is 4.33. The van der Waals surface area contributed by atoms with Gasteiger partial charge in [0.05, 0.1) is 11.4 Å². The minimum Gasteiger partial charge on any atom is -0.281 e. The van der Waals surface area contributed by atoms with Crippen LogP contribution in [0.4, 0.5) is 0 Å². The number of hydrogen-bond donors (Lipinski definition) is 1. The largest absolute Gasteiger partial charge is 0.490 e. The molecule has 0 amide bonds. The van der Waals surface area contributed by atoms with Crippen LogP contribution in [-0.2, 0) is 11.0 Å². The van der Waals surface area contributed by atoms with Gasteiger partial charge in [0.1, 0.15) is 11.1 Å². The van der Waals surface area contributed by atoms with Crippen LogP contribution >= 0.6 is 0 Å². The molecule has 2 aliphatic carbocycles. The van der Waals surface area contributed by atoms with E-state index in [1.165, 1.54) is 22.3 Å². The standard InChI is InChI=1S/C39H30N6/c1-25-26(2)45(24-44(25)3)39(34-18-7-5-14-30(34)32-16-10-21-41-37(32)39)28-12-8-11-27(23-28)38(35-19-22-42-43-35)33-17-6-4-13-29(33)31-15-9-20-40-36(31)38/h4-23H,1-3H3,(H,42,43)/q+2. The lowest BCUT2D eigenvalue weighted by Gasteiger charge is -2.32. The summed E-state index contributed by atoms with van der Waals surface area (Å²) in [5.74, 6) is 0. The van der Waals surface area contributed by atoms with Gasteiger partial charge in [-0.25, -0.2) is 0 Å². The van der Waals surface area contributed by atoms with Crippen molar-refractivity contribution >= 4 is 6.01 Å². The van der Waals surface area contributed by atoms with E-state index in [0.29, 0.717) is 0 Å². The molecule has 0 saturated heterocycles. The van der Waals surface area contributed by atoms with Crippen molar-refractivity contribution in [3.63, 3.8) is 0 Å². The molecule has 0 saturated carbocycles. The minimum absolute atomic E-state index is 0.692. The fourth-order valence-corrected chi connectivity index (χ4v) is 8.01. The van der Waals surface area contributed by atoms with Gasteiger partial charge in [-0.3, -0.25) is 15.1 Å². The Balaban J connectivity index is 1.42. The molecule has 3 aromatic carbocycles. The number of fused-ring (bicyclic) bond motifs is 6. The molecular weight excluding hydrogens is 552 g/mol. The maximum Gasteiger partial charge on any atom is 0.490 e. The maximum absolute atomic E-state index is 5.15. The lowest BCUT2D eigenvalue weighted by molar-refractivity contribution is -0.548. The Morgan fingerprint density at radius 2 is 1.27 bits per heavy atom. The second-order valence-corrected chi connectivity index (χ2v) is 12.1. The van der Waals surface area contributed by atoms with Gasteiger partial charge in [0.15, 0.2) is 7.05 Å². The highest BCUT2D eigenvalue weighted by atomic mass is 15.2. The summed E-state index contributed by atoms with van der Waals surface area (Å²) in [6, 6.07) is 40.6. The van der Waals surface area contributed by atoms with Crippen molar-refractivity contribution in [2.45, 2.75) is 24.8 Å². The number of pyridine rings is 2. The first kappa shape index (κ1) is 25.8. The van der Waals surface area contributed by atoms with Crippen LogP contribution in [0.3, 0.4) is 0 Å². The second kappa shape index (κ2) is 9.15. The zero-order valence-electron chi connectivity index (χ0n) is 25.3. The van der Waals surface area contributed by atoms with E-state index in [4.69, 9.17) is 9.97 Å². The number of hydrogen-bond acceptors (Lipinski definition) is 3. The van der Waals surface area contributed by atoms with Crippen molar-refractivity contribution in [2.75, 3.05) is 7.05 Å². The van der Waals surface area contributed by atoms with Crippen LogP contribution in [0.2, 0.25) is 0 Å². The van der Waals surface area contributed by atoms with Crippen LogP contribution in [-0.4, -0.2) is 42.4 Å². The van der Waals surface area contributed by atoms with Gasteiger partial charge in [0.2, 0.25) is 0 Å². The number of aromatic amines is 1. The van der Waals surface area contributed by atoms with Gasteiger partial charge in [-0.15, -0.1) is 0 Å². The quantitative estimate of drug-likeness (QED) is 0.229. The second-order valence-electron chi connectivity index (χ2n) is 12.1. The van der Waals surface area contributed by atoms with Crippen molar-refractivity contribution in [3.8, 4) is 22.3 Å². The molecule has 45 heavy (non-hydrogen) atoms. The topological polar surface area (TPSA) is 60.5 Å². The fraction of sp³-hybridized carbons (Fsp3) is 0.128. The van der Waals surface area contributed by atoms with E-state index in [0.717, 1.165) is 50.7 Å². The zero-order valence-corrected chi connectivity index (χ0v) is 25.3. The van der Waals surface area contributed by atoms with Crippen molar-refractivity contribution in [1.29, 1.82) is 0 Å². The van der Waals surface area contributed by atoms with Gasteiger partial charge in [-0.1, -0.05) is 88.0 Å². The van der Waals surface area contributed by atoms with E-state index in [9.17, 15) is 0 Å². The molecule has 4 heterocycles. The fourth-order valence-electron chi connectivity index (χ4n) is 8.01. The summed E-state index contributed by atoms with van der Waals surface area (Å²) in [5.41, 5.74) is 13.1. The molecular formula is C39H30N6+2. The van der Waals surface area contributed by atoms with Crippen molar-refractivity contribution in [1.82, 2.24) is 20.2 Å². The third kappa shape index (κ3) is 3.11. The molecule has 6 aromatic rings. The van der Waals surface area contributed by atoms with Gasteiger partial charge in [-0.2, -0.15) is 5.10 Å². The SMILES string of the molecule is CC1=C(C)[N+](C2(c3cccc(C4(c5ccn[nH]5)c5ccccc5-c5cccnc54)c3)c3ccccc3-c3cccnc32)=C=[N+]1C. The monoisotopic (exact) mass is 582 g/mol. The van der Waals surface area contributed by atoms with Crippen LogP contribution in [0.15, 0.2) is 133 Å². The summed E-state index contributed by atoms with van der Waals surface area (Å²) in [7, 11) is 2.06. The first-order valence-electron chi connectivity index (χ1n) is 15.3. The molecule has 6 nitrogen and oxygen atoms in total. The number of aromatic nitrogens is 4. The predicted octanol–water partition coefficient (Wildman–Crippen LogP) is 6.93. The van der Waals surface area contributed by atoms with Crippen molar-refractivity contribution < 1.29 is 9.15 Å². The number of H-pyrrole nitrogens is 1. The number of allylic oxidation sites excluding steroid dienone is 2. The predicted molar refractivity (Wildman–Crippen MR) is 173 cm³/mol. The van der Waals surface area contributed by atoms with Crippen LogP contribution in [0.1, 0.15) is 53.2 Å². The van der Waals surface area contributed by atoms with Crippen LogP contribution in [0, 0.1) is 0 Å². The van der Waals surface area contributed by atoms with E-state index in [1.54, 1.807) is 0 Å². The van der Waals surface area contributed by atoms with Gasteiger partial charge < -0.3 is 0 Å². The highest BCUT2D eigenvalue weighted by molar-refractivity contribution is 5.85. The third-order valence-electron chi connectivity index (χ3n) is 10.1. The average Bonchev–Trinajstić information content (AvgIpc) is 3.85. The number of nitrogens with one attached hydrogen (secondary N) is 1. The van der Waals surface area contributed by atoms with Crippen LogP contribution in [0.25, 0.3) is 22.3 Å². The number of rotatable bonds is 4. The molecule has 6 heteroatoms. The van der Waals surface area contributed by atoms with E-state index in [1.807, 2.05) is 30.7 Å². The summed E-state index contributed by atoms with van der Waals surface area (Å²) < 4.78 is 4.39. The normalized spacial score (nSPS) is 20.8. The molecule has 0 fully saturated rings. The first-order chi connectivity index (χ1) is 22.1. The highest BCUT2D eigenvalue weighted by Gasteiger charge is 2.60. The summed E-state index contributed by atoms with van der Waals surface area (Å²) in [4.78, 5) is 10.2. The van der Waals surface area contributed by atoms with E-state index in [2.05, 4.69) is 137 Å². The molecule has 0 bridgehead atoms. The van der Waals surface area contributed by atoms with E-state index < -0.39 is 11.0 Å².